The summed E-state index contributed by atoms with van der Waals surface area (Å²) in [6.45, 7) is 11.5. The molecule has 1 rings (SSSR count). The Bertz CT molecular complexity index is 382. The van der Waals surface area contributed by atoms with Gasteiger partial charge in [0.05, 0.1) is 5.60 Å². The maximum Gasteiger partial charge on any atom is 0.0766 e. The highest BCUT2D eigenvalue weighted by Gasteiger charge is 2.26. The number of benzene rings is 1. The Morgan fingerprint density at radius 2 is 1.65 bits per heavy atom. The maximum absolute atomic E-state index is 10.3. The summed E-state index contributed by atoms with van der Waals surface area (Å²) < 4.78 is 0. The van der Waals surface area contributed by atoms with Crippen LogP contribution in [0.1, 0.15) is 59.4 Å². The second-order valence-electron chi connectivity index (χ2n) is 6.67. The topological polar surface area (TPSA) is 32.3 Å². The molecule has 0 amide bonds. The fourth-order valence-electron chi connectivity index (χ4n) is 2.71. The monoisotopic (exact) mass is 277 g/mol. The third-order valence-corrected chi connectivity index (χ3v) is 4.47. The second-order valence-corrected chi connectivity index (χ2v) is 6.67. The Morgan fingerprint density at radius 1 is 1.10 bits per heavy atom. The summed E-state index contributed by atoms with van der Waals surface area (Å²) in [5.41, 5.74) is 0.949. The van der Waals surface area contributed by atoms with Gasteiger partial charge in [0.15, 0.2) is 0 Å². The molecule has 0 aliphatic heterocycles. The zero-order valence-corrected chi connectivity index (χ0v) is 13.7. The van der Waals surface area contributed by atoms with Crippen molar-refractivity contribution in [3.63, 3.8) is 0 Å². The van der Waals surface area contributed by atoms with Crippen molar-refractivity contribution in [1.82, 2.24) is 5.32 Å². The highest BCUT2D eigenvalue weighted by molar-refractivity contribution is 5.23. The van der Waals surface area contributed by atoms with Crippen LogP contribution in [-0.2, 0) is 5.41 Å². The predicted molar refractivity (Wildman–Crippen MR) is 87.1 cm³/mol. The van der Waals surface area contributed by atoms with Crippen molar-refractivity contribution in [1.29, 1.82) is 0 Å². The Balaban J connectivity index is 2.56. The van der Waals surface area contributed by atoms with E-state index in [4.69, 9.17) is 0 Å². The van der Waals surface area contributed by atoms with Gasteiger partial charge in [0.1, 0.15) is 0 Å². The first-order valence-electron chi connectivity index (χ1n) is 7.84. The van der Waals surface area contributed by atoms with Gasteiger partial charge in [0.2, 0.25) is 0 Å². The first-order chi connectivity index (χ1) is 9.33. The summed E-state index contributed by atoms with van der Waals surface area (Å²) in [6, 6.07) is 11.0. The fraction of sp³-hybridized carbons (Fsp3) is 0.667. The van der Waals surface area contributed by atoms with Gasteiger partial charge in [-0.2, -0.15) is 0 Å². The molecular weight excluding hydrogens is 246 g/mol. The number of hydrogen-bond donors (Lipinski definition) is 2. The van der Waals surface area contributed by atoms with Gasteiger partial charge in [-0.1, -0.05) is 58.0 Å². The van der Waals surface area contributed by atoms with E-state index in [2.05, 4.69) is 56.4 Å². The van der Waals surface area contributed by atoms with Crippen molar-refractivity contribution in [2.24, 2.45) is 0 Å². The van der Waals surface area contributed by atoms with E-state index in [1.54, 1.807) is 0 Å². The third-order valence-electron chi connectivity index (χ3n) is 4.47. The average molecular weight is 277 g/mol. The lowest BCUT2D eigenvalue weighted by molar-refractivity contribution is 0.0295. The minimum absolute atomic E-state index is 0.143. The highest BCUT2D eigenvalue weighted by Crippen LogP contribution is 2.28. The van der Waals surface area contributed by atoms with E-state index in [1.807, 2.05) is 13.8 Å². The molecule has 114 valence electrons. The molecule has 1 unspecified atom stereocenters. The molecule has 0 saturated carbocycles. The minimum atomic E-state index is -0.564. The van der Waals surface area contributed by atoms with Crippen LogP contribution >= 0.6 is 0 Å². The summed E-state index contributed by atoms with van der Waals surface area (Å²) in [4.78, 5) is 0. The van der Waals surface area contributed by atoms with Gasteiger partial charge in [0.25, 0.3) is 0 Å². The van der Waals surface area contributed by atoms with Gasteiger partial charge < -0.3 is 10.4 Å². The molecular formula is C18H31NO. The van der Waals surface area contributed by atoms with E-state index in [0.717, 1.165) is 19.3 Å². The van der Waals surface area contributed by atoms with Crippen LogP contribution in [0.2, 0.25) is 0 Å². The molecule has 0 aromatic heterocycles. The lowest BCUT2D eigenvalue weighted by atomic mass is 9.79. The third kappa shape index (κ3) is 4.92. The van der Waals surface area contributed by atoms with Crippen molar-refractivity contribution in [2.45, 2.75) is 70.9 Å². The van der Waals surface area contributed by atoms with E-state index in [-0.39, 0.29) is 5.41 Å². The molecule has 0 heterocycles. The molecule has 0 aliphatic rings. The van der Waals surface area contributed by atoms with Gasteiger partial charge in [-0.25, -0.2) is 0 Å². The van der Waals surface area contributed by atoms with Gasteiger partial charge in [-0.05, 0) is 37.2 Å². The number of nitrogens with one attached hydrogen (secondary N) is 1. The Hall–Kier alpha value is -0.860. The van der Waals surface area contributed by atoms with Crippen molar-refractivity contribution >= 4 is 0 Å². The summed E-state index contributed by atoms with van der Waals surface area (Å²) in [6.07, 6.45) is 2.65. The fourth-order valence-corrected chi connectivity index (χ4v) is 2.71. The van der Waals surface area contributed by atoms with Crippen LogP contribution in [0.25, 0.3) is 0 Å². The van der Waals surface area contributed by atoms with Gasteiger partial charge in [-0.15, -0.1) is 0 Å². The van der Waals surface area contributed by atoms with E-state index >= 15 is 0 Å². The number of hydrogen-bond acceptors (Lipinski definition) is 2. The zero-order chi connectivity index (χ0) is 15.2. The normalized spacial score (nSPS) is 14.3. The van der Waals surface area contributed by atoms with Crippen LogP contribution in [0.4, 0.5) is 0 Å². The summed E-state index contributed by atoms with van der Waals surface area (Å²) in [5, 5.41) is 13.8. The quantitative estimate of drug-likeness (QED) is 0.755. The lowest BCUT2D eigenvalue weighted by Gasteiger charge is -2.32. The summed E-state index contributed by atoms with van der Waals surface area (Å²) in [7, 11) is 0. The lowest BCUT2D eigenvalue weighted by Crippen LogP contribution is -2.44. The van der Waals surface area contributed by atoms with Gasteiger partial charge in [0, 0.05) is 12.6 Å². The molecule has 0 saturated heterocycles. The van der Waals surface area contributed by atoms with Crippen molar-refractivity contribution < 1.29 is 5.11 Å². The molecule has 2 nitrogen and oxygen atoms in total. The molecule has 0 aliphatic carbocycles. The van der Waals surface area contributed by atoms with Gasteiger partial charge >= 0.3 is 0 Å². The SMILES string of the molecule is CCC(O)(CC)CNC(C)CC(C)(C)c1ccccc1. The molecule has 2 N–H and O–H groups in total. The molecule has 0 spiro atoms. The van der Waals surface area contributed by atoms with Crippen LogP contribution in [0, 0.1) is 0 Å². The Labute approximate surface area is 124 Å². The molecule has 2 heteroatoms. The summed E-state index contributed by atoms with van der Waals surface area (Å²) >= 11 is 0. The van der Waals surface area contributed by atoms with Crippen LogP contribution in [0.5, 0.6) is 0 Å². The van der Waals surface area contributed by atoms with E-state index in [1.165, 1.54) is 5.56 Å². The highest BCUT2D eigenvalue weighted by atomic mass is 16.3. The number of aliphatic hydroxyl groups is 1. The largest absolute Gasteiger partial charge is 0.389 e. The molecule has 20 heavy (non-hydrogen) atoms. The van der Waals surface area contributed by atoms with Crippen LogP contribution in [0.3, 0.4) is 0 Å². The first kappa shape index (κ1) is 17.2. The second kappa shape index (κ2) is 7.24. The summed E-state index contributed by atoms with van der Waals surface area (Å²) in [5.74, 6) is 0. The van der Waals surface area contributed by atoms with Crippen LogP contribution < -0.4 is 5.32 Å². The standard InChI is InChI=1S/C18H31NO/c1-6-18(20,7-2)14-19-15(3)13-17(4,5)16-11-9-8-10-12-16/h8-12,15,19-20H,6-7,13-14H2,1-5H3. The van der Waals surface area contributed by atoms with E-state index in [0.29, 0.717) is 12.6 Å². The smallest absolute Gasteiger partial charge is 0.0766 e. The molecule has 1 atom stereocenters. The molecule has 0 radical (unpaired) electrons. The molecule has 1 aromatic carbocycles. The van der Waals surface area contributed by atoms with Crippen molar-refractivity contribution in [2.75, 3.05) is 6.54 Å². The van der Waals surface area contributed by atoms with E-state index < -0.39 is 5.60 Å². The van der Waals surface area contributed by atoms with Gasteiger partial charge in [-0.3, -0.25) is 0 Å². The van der Waals surface area contributed by atoms with Crippen molar-refractivity contribution in [3.05, 3.63) is 35.9 Å². The maximum atomic E-state index is 10.3. The van der Waals surface area contributed by atoms with Crippen molar-refractivity contribution in [3.8, 4) is 0 Å². The predicted octanol–water partition coefficient (Wildman–Crippen LogP) is 3.88. The average Bonchev–Trinajstić information content (AvgIpc) is 2.45. The van der Waals surface area contributed by atoms with E-state index in [9.17, 15) is 5.11 Å². The molecule has 0 fully saturated rings. The van der Waals surface area contributed by atoms with Crippen LogP contribution in [0.15, 0.2) is 30.3 Å². The minimum Gasteiger partial charge on any atom is -0.389 e. The first-order valence-corrected chi connectivity index (χ1v) is 7.84. The Morgan fingerprint density at radius 3 is 2.15 bits per heavy atom. The molecule has 1 aromatic rings. The Kier molecular flexibility index (Phi) is 6.22. The zero-order valence-electron chi connectivity index (χ0n) is 13.7. The molecule has 0 bridgehead atoms. The number of rotatable bonds is 8. The van der Waals surface area contributed by atoms with Crippen LogP contribution in [-0.4, -0.2) is 23.3 Å².